The highest BCUT2D eigenvalue weighted by Crippen LogP contribution is 2.33. The maximum atomic E-state index is 13.6. The van der Waals surface area contributed by atoms with Crippen molar-refractivity contribution in [2.45, 2.75) is 44.6 Å². The molecule has 11 nitrogen and oxygen atoms in total. The van der Waals surface area contributed by atoms with Gasteiger partial charge in [-0.25, -0.2) is 4.98 Å². The molecule has 0 bridgehead atoms. The van der Waals surface area contributed by atoms with Crippen LogP contribution in [0.2, 0.25) is 0 Å². The second-order valence-electron chi connectivity index (χ2n) is 9.49. The van der Waals surface area contributed by atoms with Crippen LogP contribution in [0.1, 0.15) is 55.0 Å². The number of nitro benzene ring substituents is 2. The van der Waals surface area contributed by atoms with Gasteiger partial charge in [-0.05, 0) is 54.8 Å². The second-order valence-corrected chi connectivity index (χ2v) is 10.4. The highest BCUT2D eigenvalue weighted by atomic mass is 79.9. The topological polar surface area (TPSA) is 143 Å². The highest BCUT2D eigenvalue weighted by molar-refractivity contribution is 9.10. The number of fused-ring (bicyclic) bond motifs is 1. The van der Waals surface area contributed by atoms with E-state index in [9.17, 15) is 25.0 Å². The first-order valence-corrected chi connectivity index (χ1v) is 13.5. The van der Waals surface area contributed by atoms with E-state index in [1.165, 1.54) is 47.3 Å². The summed E-state index contributed by atoms with van der Waals surface area (Å²) in [5.74, 6) is 0.600. The van der Waals surface area contributed by atoms with Crippen LogP contribution in [0.15, 0.2) is 75.0 Å². The third-order valence-corrected chi connectivity index (χ3v) is 7.36. The van der Waals surface area contributed by atoms with E-state index in [-0.39, 0.29) is 35.2 Å². The average Bonchev–Trinajstić information content (AvgIpc) is 2.96. The van der Waals surface area contributed by atoms with E-state index in [4.69, 9.17) is 9.72 Å². The van der Waals surface area contributed by atoms with Gasteiger partial charge in [0.25, 0.3) is 11.2 Å². The molecule has 0 spiro atoms. The van der Waals surface area contributed by atoms with Gasteiger partial charge in [0.1, 0.15) is 12.4 Å². The van der Waals surface area contributed by atoms with Crippen molar-refractivity contribution in [1.82, 2.24) is 9.66 Å². The molecule has 0 N–H and O–H groups in total. The Labute approximate surface area is 236 Å². The highest BCUT2D eigenvalue weighted by Gasteiger charge is 2.23. The van der Waals surface area contributed by atoms with E-state index in [0.29, 0.717) is 27.9 Å². The van der Waals surface area contributed by atoms with Crippen molar-refractivity contribution in [3.63, 3.8) is 0 Å². The molecule has 40 heavy (non-hydrogen) atoms. The van der Waals surface area contributed by atoms with Crippen LogP contribution in [-0.4, -0.2) is 25.7 Å². The Morgan fingerprint density at radius 3 is 2.48 bits per heavy atom. The van der Waals surface area contributed by atoms with Gasteiger partial charge in [0.2, 0.25) is 5.75 Å². The number of hydrogen-bond acceptors (Lipinski definition) is 8. The Morgan fingerprint density at radius 1 is 1.02 bits per heavy atom. The van der Waals surface area contributed by atoms with Gasteiger partial charge in [-0.3, -0.25) is 25.0 Å². The first-order valence-electron chi connectivity index (χ1n) is 12.7. The zero-order valence-electron chi connectivity index (χ0n) is 21.2. The van der Waals surface area contributed by atoms with Crippen LogP contribution in [0, 0.1) is 20.2 Å². The van der Waals surface area contributed by atoms with Gasteiger partial charge in [0.15, 0.2) is 0 Å². The largest absolute Gasteiger partial charge is 0.481 e. The molecule has 0 unspecified atom stereocenters. The molecule has 0 atom stereocenters. The molecule has 4 aromatic rings. The number of para-hydroxylation sites is 1. The van der Waals surface area contributed by atoms with Crippen LogP contribution in [0.5, 0.6) is 5.75 Å². The average molecular weight is 606 g/mol. The predicted molar refractivity (Wildman–Crippen MR) is 153 cm³/mol. The van der Waals surface area contributed by atoms with Gasteiger partial charge < -0.3 is 4.74 Å². The van der Waals surface area contributed by atoms with Crippen LogP contribution in [0.25, 0.3) is 10.9 Å². The number of benzene rings is 3. The monoisotopic (exact) mass is 605 g/mol. The number of nitro groups is 2. The number of non-ortho nitro benzene ring substituents is 1. The van der Waals surface area contributed by atoms with Gasteiger partial charge in [0.05, 0.1) is 27.0 Å². The Bertz CT molecular complexity index is 1680. The van der Waals surface area contributed by atoms with Crippen molar-refractivity contribution in [1.29, 1.82) is 0 Å². The lowest BCUT2D eigenvalue weighted by atomic mass is 9.88. The molecule has 1 aromatic heterocycles. The van der Waals surface area contributed by atoms with Gasteiger partial charge in [-0.1, -0.05) is 41.3 Å². The zero-order chi connectivity index (χ0) is 28.2. The van der Waals surface area contributed by atoms with E-state index < -0.39 is 9.85 Å². The molecule has 3 aromatic carbocycles. The number of hydrogen-bond donors (Lipinski definition) is 0. The van der Waals surface area contributed by atoms with Gasteiger partial charge in [-0.2, -0.15) is 9.78 Å². The van der Waals surface area contributed by atoms with Crippen molar-refractivity contribution in [2.24, 2.45) is 5.10 Å². The third kappa shape index (κ3) is 5.76. The predicted octanol–water partition coefficient (Wildman–Crippen LogP) is 6.48. The minimum atomic E-state index is -0.558. The normalized spacial score (nSPS) is 14.0. The number of ether oxygens (including phenoxy) is 1. The van der Waals surface area contributed by atoms with Crippen molar-refractivity contribution in [3.8, 4) is 5.75 Å². The molecule has 204 valence electrons. The van der Waals surface area contributed by atoms with Crippen LogP contribution in [-0.2, 0) is 6.61 Å². The SMILES string of the molecule is O=c1c2cc(Br)ccc2nc(C2CCCCC2)n1N=Cc1cccc([N+](=O)[O-])c1OCc1ccc([N+](=O)[O-])cc1. The van der Waals surface area contributed by atoms with Crippen molar-refractivity contribution >= 4 is 44.4 Å². The lowest BCUT2D eigenvalue weighted by Gasteiger charge is -2.22. The minimum absolute atomic E-state index is 0.0293. The molecule has 1 saturated carbocycles. The standard InChI is InChI=1S/C28H24BrN5O6/c29-21-11-14-24-23(15-21)28(35)32(27(31-24)19-5-2-1-3-6-19)30-16-20-7-4-8-25(34(38)39)26(20)40-17-18-9-12-22(13-10-18)33(36)37/h4,7-16,19H,1-3,5-6,17H2. The Hall–Kier alpha value is -4.45. The lowest BCUT2D eigenvalue weighted by Crippen LogP contribution is -2.25. The smallest absolute Gasteiger partial charge is 0.311 e. The molecule has 0 saturated heterocycles. The summed E-state index contributed by atoms with van der Waals surface area (Å²) in [7, 11) is 0. The first kappa shape index (κ1) is 27.1. The van der Waals surface area contributed by atoms with Crippen LogP contribution in [0.4, 0.5) is 11.4 Å². The molecule has 0 aliphatic heterocycles. The summed E-state index contributed by atoms with van der Waals surface area (Å²) in [6, 6.07) is 15.5. The van der Waals surface area contributed by atoms with Crippen molar-refractivity contribution < 1.29 is 14.6 Å². The molecule has 1 fully saturated rings. The molecule has 1 aliphatic carbocycles. The van der Waals surface area contributed by atoms with Gasteiger partial charge >= 0.3 is 5.69 Å². The molecule has 0 amide bonds. The molecule has 5 rings (SSSR count). The van der Waals surface area contributed by atoms with E-state index in [0.717, 1.165) is 36.6 Å². The molecule has 0 radical (unpaired) electrons. The second kappa shape index (κ2) is 11.7. The fourth-order valence-electron chi connectivity index (χ4n) is 4.84. The molecule has 1 aliphatic rings. The summed E-state index contributed by atoms with van der Waals surface area (Å²) < 4.78 is 7.89. The fourth-order valence-corrected chi connectivity index (χ4v) is 5.20. The van der Waals surface area contributed by atoms with Crippen molar-refractivity contribution in [2.75, 3.05) is 0 Å². The Morgan fingerprint density at radius 2 is 1.77 bits per heavy atom. The Kier molecular flexibility index (Phi) is 7.96. The number of nitrogens with zero attached hydrogens (tertiary/aromatic N) is 5. The number of aromatic nitrogens is 2. The summed E-state index contributed by atoms with van der Waals surface area (Å²) in [5.41, 5.74) is 0.798. The molecular formula is C28H24BrN5O6. The van der Waals surface area contributed by atoms with E-state index in [2.05, 4.69) is 21.0 Å². The van der Waals surface area contributed by atoms with E-state index in [1.54, 1.807) is 18.2 Å². The number of halogens is 1. The fraction of sp³-hybridized carbons (Fsp3) is 0.250. The maximum Gasteiger partial charge on any atom is 0.311 e. The summed E-state index contributed by atoms with van der Waals surface area (Å²) >= 11 is 3.41. The van der Waals surface area contributed by atoms with Gasteiger partial charge in [-0.15, -0.1) is 0 Å². The Balaban J connectivity index is 1.55. The summed E-state index contributed by atoms with van der Waals surface area (Å²) in [5, 5.41) is 27.6. The maximum absolute atomic E-state index is 13.6. The lowest BCUT2D eigenvalue weighted by molar-refractivity contribution is -0.386. The summed E-state index contributed by atoms with van der Waals surface area (Å²) in [4.78, 5) is 40.1. The van der Waals surface area contributed by atoms with Crippen LogP contribution in [0.3, 0.4) is 0 Å². The van der Waals surface area contributed by atoms with Crippen LogP contribution < -0.4 is 10.3 Å². The quantitative estimate of drug-likeness (QED) is 0.127. The summed E-state index contributed by atoms with van der Waals surface area (Å²) in [6.07, 6.45) is 6.36. The van der Waals surface area contributed by atoms with Crippen molar-refractivity contribution in [3.05, 3.63) is 113 Å². The number of rotatable bonds is 8. The minimum Gasteiger partial charge on any atom is -0.481 e. The molecule has 1 heterocycles. The first-order chi connectivity index (χ1) is 19.3. The molecule has 12 heteroatoms. The third-order valence-electron chi connectivity index (χ3n) is 6.87. The van der Waals surface area contributed by atoms with Crippen LogP contribution >= 0.6 is 15.9 Å². The van der Waals surface area contributed by atoms with Gasteiger partial charge in [0, 0.05) is 34.2 Å². The molecular weight excluding hydrogens is 582 g/mol. The van der Waals surface area contributed by atoms with E-state index in [1.807, 2.05) is 6.07 Å². The summed E-state index contributed by atoms with van der Waals surface area (Å²) in [6.45, 7) is -0.0669. The van der Waals surface area contributed by atoms with E-state index >= 15 is 0 Å². The zero-order valence-corrected chi connectivity index (χ0v) is 22.8.